The van der Waals surface area contributed by atoms with Crippen LogP contribution in [0.4, 0.5) is 0 Å². The number of fused-ring (bicyclic) bond motifs is 1. The molecule has 0 heterocycles. The highest BCUT2D eigenvalue weighted by atomic mass is 16.7. The van der Waals surface area contributed by atoms with E-state index >= 15 is 0 Å². The third kappa shape index (κ3) is 2.54. The van der Waals surface area contributed by atoms with Crippen molar-refractivity contribution in [3.63, 3.8) is 0 Å². The van der Waals surface area contributed by atoms with Crippen molar-refractivity contribution >= 4 is 16.8 Å². The van der Waals surface area contributed by atoms with Gasteiger partial charge >= 0.3 is 0 Å². The van der Waals surface area contributed by atoms with Crippen LogP contribution in [-0.2, 0) is 4.74 Å². The van der Waals surface area contributed by atoms with Crippen molar-refractivity contribution in [1.82, 2.24) is 0 Å². The zero-order chi connectivity index (χ0) is 13.0. The molecule has 1 atom stereocenters. The molecule has 0 spiro atoms. The fourth-order valence-electron chi connectivity index (χ4n) is 2.02. The molecule has 0 N–H and O–H groups in total. The first-order chi connectivity index (χ1) is 8.76. The topological polar surface area (TPSA) is 18.5 Å². The molecule has 0 aliphatic rings. The fraction of sp³-hybridized carbons (Fsp3) is 0.250. The van der Waals surface area contributed by atoms with Gasteiger partial charge in [0, 0.05) is 12.0 Å². The smallest absolute Gasteiger partial charge is 0.196 e. The Hall–Kier alpha value is -1.80. The van der Waals surface area contributed by atoms with Gasteiger partial charge in [-0.15, -0.1) is 0 Å². The molecule has 94 valence electrons. The number of rotatable bonds is 5. The van der Waals surface area contributed by atoms with Crippen molar-refractivity contribution in [3.8, 4) is 5.75 Å². The molecule has 2 heteroatoms. The molecule has 0 aliphatic carbocycles. The summed E-state index contributed by atoms with van der Waals surface area (Å²) >= 11 is 0. The van der Waals surface area contributed by atoms with Crippen molar-refractivity contribution < 1.29 is 9.47 Å². The first-order valence-corrected chi connectivity index (χ1v) is 6.18. The van der Waals surface area contributed by atoms with Crippen molar-refractivity contribution in [2.75, 3.05) is 6.61 Å². The SMILES string of the molecule is C=Cc1ccc(OC(C)OCC)c2ccccc12. The van der Waals surface area contributed by atoms with E-state index in [1.165, 1.54) is 0 Å². The molecular weight excluding hydrogens is 224 g/mol. The second kappa shape index (κ2) is 5.69. The summed E-state index contributed by atoms with van der Waals surface area (Å²) < 4.78 is 11.2. The molecule has 2 aromatic carbocycles. The first kappa shape index (κ1) is 12.7. The van der Waals surface area contributed by atoms with Gasteiger partial charge in [0.25, 0.3) is 0 Å². The van der Waals surface area contributed by atoms with E-state index in [-0.39, 0.29) is 6.29 Å². The van der Waals surface area contributed by atoms with Gasteiger partial charge in [0.1, 0.15) is 5.75 Å². The van der Waals surface area contributed by atoms with E-state index in [1.54, 1.807) is 0 Å². The number of benzene rings is 2. The molecule has 0 bridgehead atoms. The normalized spacial score (nSPS) is 12.3. The lowest BCUT2D eigenvalue weighted by Crippen LogP contribution is -2.16. The average Bonchev–Trinajstić information content (AvgIpc) is 2.39. The summed E-state index contributed by atoms with van der Waals surface area (Å²) in [6, 6.07) is 12.1. The van der Waals surface area contributed by atoms with Gasteiger partial charge in [0.05, 0.1) is 0 Å². The van der Waals surface area contributed by atoms with E-state index in [0.29, 0.717) is 6.61 Å². The van der Waals surface area contributed by atoms with Crippen LogP contribution >= 0.6 is 0 Å². The Kier molecular flexibility index (Phi) is 4.00. The van der Waals surface area contributed by atoms with Gasteiger partial charge in [-0.2, -0.15) is 0 Å². The second-order valence-corrected chi connectivity index (χ2v) is 4.04. The molecule has 0 aliphatic heterocycles. The van der Waals surface area contributed by atoms with Crippen LogP contribution in [-0.4, -0.2) is 12.9 Å². The van der Waals surface area contributed by atoms with Crippen LogP contribution in [0.2, 0.25) is 0 Å². The summed E-state index contributed by atoms with van der Waals surface area (Å²) in [5, 5.41) is 2.23. The van der Waals surface area contributed by atoms with Crippen LogP contribution in [0.15, 0.2) is 43.0 Å². The van der Waals surface area contributed by atoms with Crippen LogP contribution in [0, 0.1) is 0 Å². The highest BCUT2D eigenvalue weighted by molar-refractivity contribution is 5.94. The predicted octanol–water partition coefficient (Wildman–Crippen LogP) is 4.24. The third-order valence-corrected chi connectivity index (χ3v) is 2.83. The Balaban J connectivity index is 2.43. The molecule has 0 saturated carbocycles. The Labute approximate surface area is 108 Å². The van der Waals surface area contributed by atoms with Crippen LogP contribution in [0.25, 0.3) is 16.8 Å². The summed E-state index contributed by atoms with van der Waals surface area (Å²) in [4.78, 5) is 0. The average molecular weight is 242 g/mol. The maximum absolute atomic E-state index is 5.81. The highest BCUT2D eigenvalue weighted by Crippen LogP contribution is 2.29. The summed E-state index contributed by atoms with van der Waals surface area (Å²) in [6.45, 7) is 8.34. The summed E-state index contributed by atoms with van der Waals surface area (Å²) in [5.41, 5.74) is 1.11. The molecule has 2 nitrogen and oxygen atoms in total. The zero-order valence-electron chi connectivity index (χ0n) is 10.8. The standard InChI is InChI=1S/C16H18O2/c1-4-13-10-11-16(18-12(3)17-5-2)15-9-7-6-8-14(13)15/h4,6-12H,1,5H2,2-3H3. The third-order valence-electron chi connectivity index (χ3n) is 2.83. The summed E-state index contributed by atoms with van der Waals surface area (Å²) in [6.07, 6.45) is 1.62. The van der Waals surface area contributed by atoms with Gasteiger partial charge in [-0.1, -0.05) is 43.0 Å². The van der Waals surface area contributed by atoms with E-state index in [9.17, 15) is 0 Å². The molecule has 0 amide bonds. The van der Waals surface area contributed by atoms with Crippen LogP contribution in [0.1, 0.15) is 19.4 Å². The van der Waals surface area contributed by atoms with Gasteiger partial charge in [-0.25, -0.2) is 0 Å². The second-order valence-electron chi connectivity index (χ2n) is 4.04. The molecule has 2 rings (SSSR count). The van der Waals surface area contributed by atoms with Gasteiger partial charge in [-0.05, 0) is 30.9 Å². The molecule has 0 aromatic heterocycles. The highest BCUT2D eigenvalue weighted by Gasteiger charge is 2.08. The molecule has 1 unspecified atom stereocenters. The van der Waals surface area contributed by atoms with Crippen LogP contribution < -0.4 is 4.74 Å². The Morgan fingerprint density at radius 2 is 1.89 bits per heavy atom. The summed E-state index contributed by atoms with van der Waals surface area (Å²) in [7, 11) is 0. The lowest BCUT2D eigenvalue weighted by atomic mass is 10.0. The molecule has 0 radical (unpaired) electrons. The van der Waals surface area contributed by atoms with E-state index in [1.807, 2.05) is 44.2 Å². The minimum Gasteiger partial charge on any atom is -0.465 e. The number of hydrogen-bond donors (Lipinski definition) is 0. The van der Waals surface area contributed by atoms with Gasteiger partial charge in [0.15, 0.2) is 6.29 Å². The minimum atomic E-state index is -0.243. The maximum atomic E-state index is 5.81. The Morgan fingerprint density at radius 3 is 2.56 bits per heavy atom. The maximum Gasteiger partial charge on any atom is 0.196 e. The number of hydrogen-bond acceptors (Lipinski definition) is 2. The van der Waals surface area contributed by atoms with Crippen molar-refractivity contribution in [1.29, 1.82) is 0 Å². The number of ether oxygens (including phenoxy) is 2. The molecule has 0 fully saturated rings. The zero-order valence-corrected chi connectivity index (χ0v) is 10.8. The van der Waals surface area contributed by atoms with Crippen molar-refractivity contribution in [3.05, 3.63) is 48.5 Å². The molecular formula is C16H18O2. The molecule has 18 heavy (non-hydrogen) atoms. The monoisotopic (exact) mass is 242 g/mol. The van der Waals surface area contributed by atoms with E-state index < -0.39 is 0 Å². The largest absolute Gasteiger partial charge is 0.465 e. The Bertz CT molecular complexity index is 546. The van der Waals surface area contributed by atoms with Gasteiger partial charge in [0.2, 0.25) is 0 Å². The van der Waals surface area contributed by atoms with Gasteiger partial charge < -0.3 is 9.47 Å². The lowest BCUT2D eigenvalue weighted by molar-refractivity contribution is -0.0605. The van der Waals surface area contributed by atoms with Crippen molar-refractivity contribution in [2.45, 2.75) is 20.1 Å². The van der Waals surface area contributed by atoms with Gasteiger partial charge in [-0.3, -0.25) is 0 Å². The summed E-state index contributed by atoms with van der Waals surface area (Å²) in [5.74, 6) is 0.845. The fourth-order valence-corrected chi connectivity index (χ4v) is 2.02. The van der Waals surface area contributed by atoms with E-state index in [0.717, 1.165) is 22.1 Å². The lowest BCUT2D eigenvalue weighted by Gasteiger charge is -2.16. The minimum absolute atomic E-state index is 0.243. The quantitative estimate of drug-likeness (QED) is 0.730. The van der Waals surface area contributed by atoms with Crippen LogP contribution in [0.3, 0.4) is 0 Å². The Morgan fingerprint density at radius 1 is 1.17 bits per heavy atom. The molecule has 0 saturated heterocycles. The first-order valence-electron chi connectivity index (χ1n) is 6.18. The predicted molar refractivity (Wildman–Crippen MR) is 75.8 cm³/mol. The van der Waals surface area contributed by atoms with Crippen molar-refractivity contribution in [2.24, 2.45) is 0 Å². The molecule has 2 aromatic rings. The van der Waals surface area contributed by atoms with E-state index in [4.69, 9.17) is 9.47 Å². The van der Waals surface area contributed by atoms with Crippen LogP contribution in [0.5, 0.6) is 5.75 Å². The van der Waals surface area contributed by atoms with E-state index in [2.05, 4.69) is 18.7 Å².